The predicted octanol–water partition coefficient (Wildman–Crippen LogP) is 6.67. The number of hydrogen-bond acceptors (Lipinski definition) is 16. The molecule has 0 radical (unpaired) electrons. The van der Waals surface area contributed by atoms with E-state index in [2.05, 4.69) is 13.8 Å². The van der Waals surface area contributed by atoms with E-state index in [4.69, 9.17) is 81.7 Å². The smallest absolute Gasteiger partial charge is 0.0509 e. The molecule has 0 aromatic heterocycles. The van der Waals surface area contributed by atoms with Crippen molar-refractivity contribution in [3.05, 3.63) is 0 Å². The maximum atomic E-state index is 8.95. The fraction of sp³-hybridized carbons (Fsp3) is 1.00. The summed E-state index contributed by atoms with van der Waals surface area (Å²) in [7, 11) is 0. The molecule has 0 saturated heterocycles. The van der Waals surface area contributed by atoms with Gasteiger partial charge in [0.25, 0.3) is 0 Å². The summed E-state index contributed by atoms with van der Waals surface area (Å²) in [5.74, 6) is 2.95. The van der Waals surface area contributed by atoms with Crippen LogP contribution in [0.1, 0.15) is 201 Å². The lowest BCUT2D eigenvalue weighted by Gasteiger charge is -2.27. The number of aliphatic hydroxyl groups is 16. The van der Waals surface area contributed by atoms with Gasteiger partial charge in [0.05, 0.1) is 39.6 Å². The Kier molecular flexibility index (Phi) is 77.8. The Labute approximate surface area is 462 Å². The van der Waals surface area contributed by atoms with Gasteiger partial charge in [-0.2, -0.15) is 0 Å². The van der Waals surface area contributed by atoms with E-state index in [1.807, 2.05) is 96.9 Å². The van der Waals surface area contributed by atoms with Gasteiger partial charge in [0.1, 0.15) is 0 Å². The Morgan fingerprint density at radius 2 is 0.613 bits per heavy atom. The highest BCUT2D eigenvalue weighted by Gasteiger charge is 2.25. The van der Waals surface area contributed by atoms with E-state index < -0.39 is 0 Å². The molecule has 0 aromatic carbocycles. The van der Waals surface area contributed by atoms with Gasteiger partial charge >= 0.3 is 0 Å². The highest BCUT2D eigenvalue weighted by molar-refractivity contribution is 4.75. The molecule has 0 rings (SSSR count). The normalized spacial score (nSPS) is 15.2. The molecule has 0 aliphatic carbocycles. The average molecular weight is 1100 g/mol. The molecule has 0 heterocycles. The van der Waals surface area contributed by atoms with E-state index in [0.717, 1.165) is 89.9 Å². The van der Waals surface area contributed by atoms with Crippen LogP contribution in [0.2, 0.25) is 0 Å². The first-order valence-corrected chi connectivity index (χ1v) is 29.1. The van der Waals surface area contributed by atoms with E-state index in [-0.39, 0.29) is 157 Å². The van der Waals surface area contributed by atoms with Crippen molar-refractivity contribution >= 4 is 0 Å². The lowest BCUT2D eigenvalue weighted by Crippen LogP contribution is -2.28. The standard InChI is InChI=1S/4C8H18O2.3C7H16O2.C6H14O2/c1-7(5-9)3-4-8(2)6-10;1-3-4-5-8(2,6-9)7-10;1-3-7(5-9)8(4-2)6-10;1-3-5-8(4-2,6-9)7-10;1-6(4-8)3-7(2)5-9;1-3-7(5-9)6(2)4-8;1-3-7(4-2,5-8)6-9;1-5(3-7)6(2)4-8/h7-10H,3-6H2,1-2H3;9-10H,3-7H2,1-2H3;7-10H,3-6H2,1-2H3;9-10H,3-7H2,1-2H3;2*6-9H,3-5H2,1-2H3;8-9H,3-6H2,1-2H3;5-8H,3-4H2,1-2H3. The quantitative estimate of drug-likeness (QED) is 0.0315. The van der Waals surface area contributed by atoms with E-state index in [1.165, 1.54) is 0 Å². The van der Waals surface area contributed by atoms with Gasteiger partial charge in [0.2, 0.25) is 0 Å². The highest BCUT2D eigenvalue weighted by Crippen LogP contribution is 2.27. The van der Waals surface area contributed by atoms with Crippen LogP contribution in [0.5, 0.6) is 0 Å². The highest BCUT2D eigenvalue weighted by atomic mass is 16.3. The van der Waals surface area contributed by atoms with Crippen molar-refractivity contribution in [2.45, 2.75) is 201 Å². The molecule has 0 aromatic rings. The van der Waals surface area contributed by atoms with Crippen molar-refractivity contribution in [3.8, 4) is 0 Å². The van der Waals surface area contributed by atoms with Crippen molar-refractivity contribution in [3.63, 3.8) is 0 Å². The summed E-state index contributed by atoms with van der Waals surface area (Å²) in [4.78, 5) is 0. The van der Waals surface area contributed by atoms with Crippen LogP contribution in [-0.2, 0) is 0 Å². The Bertz CT molecular complexity index is 945. The maximum absolute atomic E-state index is 8.95. The van der Waals surface area contributed by atoms with E-state index in [0.29, 0.717) is 23.7 Å². The first-order valence-electron chi connectivity index (χ1n) is 29.1. The molecule has 16 nitrogen and oxygen atoms in total. The Morgan fingerprint density at radius 3 is 0.760 bits per heavy atom. The van der Waals surface area contributed by atoms with Gasteiger partial charge in [-0.25, -0.2) is 0 Å². The Morgan fingerprint density at radius 1 is 0.307 bits per heavy atom. The number of aliphatic hydroxyl groups excluding tert-OH is 16. The van der Waals surface area contributed by atoms with Crippen LogP contribution < -0.4 is 0 Å². The van der Waals surface area contributed by atoms with Gasteiger partial charge in [-0.15, -0.1) is 0 Å². The van der Waals surface area contributed by atoms with E-state index in [1.54, 1.807) is 0 Å². The summed E-state index contributed by atoms with van der Waals surface area (Å²) < 4.78 is 0. The molecule has 16 N–H and O–H groups in total. The summed E-state index contributed by atoms with van der Waals surface area (Å²) >= 11 is 0. The molecule has 0 aliphatic heterocycles. The summed E-state index contributed by atoms with van der Waals surface area (Å²) in [6.07, 6.45) is 13.4. The first kappa shape index (κ1) is 90.9. The second-order valence-electron chi connectivity index (χ2n) is 22.2. The molecular formula is C59H134O16. The molecule has 0 aliphatic rings. The van der Waals surface area contributed by atoms with Crippen molar-refractivity contribution in [1.29, 1.82) is 0 Å². The summed E-state index contributed by atoms with van der Waals surface area (Å²) in [5.41, 5.74) is -0.690. The summed E-state index contributed by atoms with van der Waals surface area (Å²) in [5, 5.41) is 140. The zero-order chi connectivity index (χ0) is 60.5. The predicted molar refractivity (Wildman–Crippen MR) is 311 cm³/mol. The SMILES string of the molecule is CC(CO)C(C)CO.CC(CO)CC(C)CO.CC(CO)CCC(C)CO.CCC(CC)(CO)CO.CCC(CO)C(C)CO.CCC(CO)C(CC)CO.CCCC(CC)(CO)CO.CCCCC(C)(CO)CO. The third-order valence-corrected chi connectivity index (χ3v) is 15.1. The average Bonchev–Trinajstić information content (AvgIpc) is 3.45. The van der Waals surface area contributed by atoms with Crippen LogP contribution in [0, 0.1) is 75.4 Å². The minimum Gasteiger partial charge on any atom is -0.396 e. The van der Waals surface area contributed by atoms with E-state index in [9.17, 15) is 0 Å². The minimum absolute atomic E-state index is 0.0868. The molecule has 0 saturated carbocycles. The van der Waals surface area contributed by atoms with Gasteiger partial charge in [-0.1, -0.05) is 149 Å². The molecule has 16 heteroatoms. The molecule has 466 valence electrons. The second-order valence-corrected chi connectivity index (χ2v) is 22.2. The molecule has 0 bridgehead atoms. The molecular weight excluding hydrogens is 965 g/mol. The molecule has 10 atom stereocenters. The van der Waals surface area contributed by atoms with Crippen LogP contribution in [-0.4, -0.2) is 187 Å². The Balaban J connectivity index is -0.000000114. The van der Waals surface area contributed by atoms with Crippen molar-refractivity contribution < 1.29 is 81.7 Å². The molecule has 10 unspecified atom stereocenters. The molecule has 0 fully saturated rings. The van der Waals surface area contributed by atoms with Gasteiger partial charge in [0.15, 0.2) is 0 Å². The first-order chi connectivity index (χ1) is 35.3. The summed E-state index contributed by atoms with van der Waals surface area (Å²) in [6.45, 7) is 34.6. The van der Waals surface area contributed by atoms with Crippen LogP contribution in [0.4, 0.5) is 0 Å². The number of hydrogen-bond donors (Lipinski definition) is 16. The topological polar surface area (TPSA) is 324 Å². The monoisotopic (exact) mass is 1100 g/mol. The lowest BCUT2D eigenvalue weighted by atomic mass is 9.83. The van der Waals surface area contributed by atoms with Crippen molar-refractivity contribution in [1.82, 2.24) is 0 Å². The fourth-order valence-corrected chi connectivity index (χ4v) is 6.73. The third kappa shape index (κ3) is 55.1. The van der Waals surface area contributed by atoms with Crippen molar-refractivity contribution in [2.75, 3.05) is 106 Å². The largest absolute Gasteiger partial charge is 0.396 e. The van der Waals surface area contributed by atoms with Crippen LogP contribution in [0.3, 0.4) is 0 Å². The van der Waals surface area contributed by atoms with E-state index >= 15 is 0 Å². The second kappa shape index (κ2) is 64.2. The van der Waals surface area contributed by atoms with Crippen LogP contribution in [0.25, 0.3) is 0 Å². The molecule has 0 spiro atoms. The zero-order valence-electron chi connectivity index (χ0n) is 51.6. The Hall–Kier alpha value is -0.640. The van der Waals surface area contributed by atoms with Gasteiger partial charge in [0, 0.05) is 82.3 Å². The van der Waals surface area contributed by atoms with Crippen molar-refractivity contribution in [2.24, 2.45) is 75.4 Å². The van der Waals surface area contributed by atoms with Crippen LogP contribution in [0.15, 0.2) is 0 Å². The maximum Gasteiger partial charge on any atom is 0.0509 e. The number of unbranched alkanes of at least 4 members (excludes halogenated alkanes) is 1. The lowest BCUT2D eigenvalue weighted by molar-refractivity contribution is 0.0432. The summed E-state index contributed by atoms with van der Waals surface area (Å²) in [6, 6.07) is 0. The third-order valence-electron chi connectivity index (χ3n) is 15.1. The van der Waals surface area contributed by atoms with Gasteiger partial charge in [-0.05, 0) is 111 Å². The zero-order valence-corrected chi connectivity index (χ0v) is 51.6. The van der Waals surface area contributed by atoms with Gasteiger partial charge < -0.3 is 81.7 Å². The fourth-order valence-electron chi connectivity index (χ4n) is 6.73. The van der Waals surface area contributed by atoms with Gasteiger partial charge in [-0.3, -0.25) is 0 Å². The minimum atomic E-state index is -0.254. The van der Waals surface area contributed by atoms with Crippen LogP contribution >= 0.6 is 0 Å². The molecule has 75 heavy (non-hydrogen) atoms. The number of rotatable bonds is 35. The molecule has 0 amide bonds.